The Hall–Kier alpha value is -1.31. The van der Waals surface area contributed by atoms with Crippen LogP contribution in [0.5, 0.6) is 0 Å². The van der Waals surface area contributed by atoms with Crippen LogP contribution >= 0.6 is 0 Å². The second kappa shape index (κ2) is 1.96. The van der Waals surface area contributed by atoms with E-state index in [0.717, 1.165) is 6.26 Å². The molecule has 0 fully saturated rings. The summed E-state index contributed by atoms with van der Waals surface area (Å²) in [7, 11) is 0. The quantitative estimate of drug-likeness (QED) is 0.250. The van der Waals surface area contributed by atoms with Crippen LogP contribution in [-0.2, 0) is 4.84 Å². The molecule has 0 heterocycles. The second-order valence-corrected chi connectivity index (χ2v) is 0.406. The Morgan fingerprint density at radius 2 is 2.50 bits per heavy atom. The highest BCUT2D eigenvalue weighted by molar-refractivity contribution is 4.36. The fourth-order valence-electron chi connectivity index (χ4n) is 0.0333. The van der Waals surface area contributed by atoms with Crippen LogP contribution in [0.25, 0.3) is 0 Å². The van der Waals surface area contributed by atoms with Crippen LogP contribution in [0, 0.1) is 21.6 Å². The Balaban J connectivity index is 3.13. The predicted octanol–water partition coefficient (Wildman–Crippen LogP) is -0.324. The molecule has 0 unspecified atom stereocenters. The summed E-state index contributed by atoms with van der Waals surface area (Å²) in [6, 6.07) is 0. The number of rotatable bonds is 1. The second-order valence-electron chi connectivity index (χ2n) is 0.406. The van der Waals surface area contributed by atoms with E-state index in [1.807, 2.05) is 0 Å². The maximum absolute atomic E-state index is 8.96. The van der Waals surface area contributed by atoms with Gasteiger partial charge < -0.3 is 0 Å². The molecule has 0 aromatic carbocycles. The SMILES string of the molecule is N#CO[N+](=O)[O-]. The smallest absolute Gasteiger partial charge is 0.195 e. The molecule has 5 nitrogen and oxygen atoms in total. The number of hydrogen-bond donors (Lipinski definition) is 0. The van der Waals surface area contributed by atoms with Crippen molar-refractivity contribution in [2.24, 2.45) is 0 Å². The number of nitriles is 1. The summed E-state index contributed by atoms with van der Waals surface area (Å²) in [6.07, 6.45) is 0.868. The summed E-state index contributed by atoms with van der Waals surface area (Å²) in [5.41, 5.74) is 0. The molecule has 0 aliphatic rings. The molecule has 6 heavy (non-hydrogen) atoms. The van der Waals surface area contributed by atoms with Gasteiger partial charge in [0.15, 0.2) is 0 Å². The predicted molar refractivity (Wildman–Crippen MR) is 13.7 cm³/mol. The van der Waals surface area contributed by atoms with E-state index in [2.05, 4.69) is 4.84 Å². The van der Waals surface area contributed by atoms with Gasteiger partial charge >= 0.3 is 5.09 Å². The molecular formula is CN2O3. The molecular weight excluding hydrogens is 88.0 g/mol. The normalized spacial score (nSPS) is 5.83. The van der Waals surface area contributed by atoms with E-state index in [4.69, 9.17) is 15.4 Å². The van der Waals surface area contributed by atoms with Crippen LogP contribution in [-0.4, -0.2) is 5.09 Å². The summed E-state index contributed by atoms with van der Waals surface area (Å²) < 4.78 is 0. The molecule has 0 aromatic rings. The fourth-order valence-corrected chi connectivity index (χ4v) is 0.0333. The van der Waals surface area contributed by atoms with E-state index in [1.54, 1.807) is 0 Å². The van der Waals surface area contributed by atoms with E-state index < -0.39 is 5.09 Å². The third-order valence-electron chi connectivity index (χ3n) is 0.115. The maximum atomic E-state index is 8.96. The van der Waals surface area contributed by atoms with Crippen LogP contribution in [0.2, 0.25) is 0 Å². The van der Waals surface area contributed by atoms with Crippen LogP contribution in [0.4, 0.5) is 0 Å². The van der Waals surface area contributed by atoms with Gasteiger partial charge in [-0.05, 0) is 0 Å². The molecule has 0 amide bonds. The minimum atomic E-state index is -1.18. The lowest BCUT2D eigenvalue weighted by Gasteiger charge is -1.70. The van der Waals surface area contributed by atoms with Crippen molar-refractivity contribution in [3.8, 4) is 6.26 Å². The third-order valence-corrected chi connectivity index (χ3v) is 0.115. The first-order chi connectivity index (χ1) is 2.77. The van der Waals surface area contributed by atoms with Gasteiger partial charge in [-0.2, -0.15) is 10.1 Å². The molecule has 0 saturated carbocycles. The summed E-state index contributed by atoms with van der Waals surface area (Å²) in [5, 5.41) is 15.1. The monoisotopic (exact) mass is 88.0 g/mol. The molecule has 0 aromatic heterocycles. The molecule has 0 saturated heterocycles. The van der Waals surface area contributed by atoms with Gasteiger partial charge in [0, 0.05) is 0 Å². The Morgan fingerprint density at radius 3 is 2.50 bits per heavy atom. The zero-order chi connectivity index (χ0) is 4.99. The van der Waals surface area contributed by atoms with Crippen LogP contribution in [0.15, 0.2) is 0 Å². The minimum Gasteiger partial charge on any atom is -0.195 e. The van der Waals surface area contributed by atoms with Gasteiger partial charge in [-0.15, -0.1) is 10.1 Å². The number of hydrogen-bond acceptors (Lipinski definition) is 4. The van der Waals surface area contributed by atoms with Crippen molar-refractivity contribution in [2.45, 2.75) is 0 Å². The van der Waals surface area contributed by atoms with Crippen LogP contribution in [0.3, 0.4) is 0 Å². The lowest BCUT2D eigenvalue weighted by atomic mass is 11.6. The zero-order valence-electron chi connectivity index (χ0n) is 2.62. The van der Waals surface area contributed by atoms with Crippen molar-refractivity contribution in [1.82, 2.24) is 0 Å². The average Bonchev–Trinajstić information content (AvgIpc) is 1.35. The molecule has 32 valence electrons. The molecule has 0 spiro atoms. The van der Waals surface area contributed by atoms with Crippen molar-refractivity contribution in [2.75, 3.05) is 0 Å². The topological polar surface area (TPSA) is 76.2 Å². The highest BCUT2D eigenvalue weighted by Crippen LogP contribution is 1.62. The molecule has 0 bridgehead atoms. The first kappa shape index (κ1) is 4.69. The van der Waals surface area contributed by atoms with E-state index in [-0.39, 0.29) is 0 Å². The van der Waals surface area contributed by atoms with Gasteiger partial charge in [-0.25, -0.2) is 0 Å². The van der Waals surface area contributed by atoms with Gasteiger partial charge in [-0.1, -0.05) is 0 Å². The molecule has 0 atom stereocenters. The van der Waals surface area contributed by atoms with E-state index >= 15 is 0 Å². The maximum Gasteiger partial charge on any atom is 0.310 e. The highest BCUT2D eigenvalue weighted by Gasteiger charge is 1.84. The lowest BCUT2D eigenvalue weighted by Crippen LogP contribution is -1.91. The molecule has 0 radical (unpaired) electrons. The Bertz CT molecular complexity index is 91.5. The van der Waals surface area contributed by atoms with Gasteiger partial charge in [0.2, 0.25) is 0 Å². The van der Waals surface area contributed by atoms with Crippen molar-refractivity contribution in [1.29, 1.82) is 5.26 Å². The first-order valence-corrected chi connectivity index (χ1v) is 0.975. The number of nitrogens with zero attached hydrogens (tertiary/aromatic N) is 2. The molecule has 5 heteroatoms. The standard InChI is InChI=1S/CN2O3/c2-1-6-3(4)5. The molecule has 0 aliphatic carbocycles. The van der Waals surface area contributed by atoms with E-state index in [0.29, 0.717) is 0 Å². The van der Waals surface area contributed by atoms with Gasteiger partial charge in [0.1, 0.15) is 0 Å². The largest absolute Gasteiger partial charge is 0.310 e. The Kier molecular flexibility index (Phi) is 1.53. The Morgan fingerprint density at radius 1 is 2.00 bits per heavy atom. The summed E-state index contributed by atoms with van der Waals surface area (Å²) in [6.45, 7) is 0. The average molecular weight is 88.0 g/mol. The summed E-state index contributed by atoms with van der Waals surface area (Å²) in [4.78, 5) is 12.0. The molecule has 0 aliphatic heterocycles. The zero-order valence-corrected chi connectivity index (χ0v) is 2.62. The molecule has 0 N–H and O–H groups in total. The summed E-state index contributed by atoms with van der Waals surface area (Å²) >= 11 is 0. The van der Waals surface area contributed by atoms with Gasteiger partial charge in [0.05, 0.1) is 0 Å². The van der Waals surface area contributed by atoms with Crippen molar-refractivity contribution in [3.05, 3.63) is 10.1 Å². The van der Waals surface area contributed by atoms with Gasteiger partial charge in [0.25, 0.3) is 6.26 Å². The van der Waals surface area contributed by atoms with Crippen molar-refractivity contribution >= 4 is 0 Å². The first-order valence-electron chi connectivity index (χ1n) is 0.975. The molecule has 0 rings (SSSR count). The Labute approximate surface area is 32.9 Å². The third kappa shape index (κ3) is 2.69. The highest BCUT2D eigenvalue weighted by atomic mass is 16.9. The lowest BCUT2D eigenvalue weighted by molar-refractivity contribution is -0.732. The van der Waals surface area contributed by atoms with Crippen molar-refractivity contribution < 1.29 is 9.92 Å². The van der Waals surface area contributed by atoms with Crippen LogP contribution in [0.1, 0.15) is 0 Å². The van der Waals surface area contributed by atoms with E-state index in [9.17, 15) is 0 Å². The fraction of sp³-hybridized carbons (Fsp3) is 0. The van der Waals surface area contributed by atoms with E-state index in [1.165, 1.54) is 0 Å². The van der Waals surface area contributed by atoms with Crippen molar-refractivity contribution in [3.63, 3.8) is 0 Å². The summed E-state index contributed by atoms with van der Waals surface area (Å²) in [5.74, 6) is 0. The van der Waals surface area contributed by atoms with Gasteiger partial charge in [-0.3, -0.25) is 0 Å². The van der Waals surface area contributed by atoms with Crippen LogP contribution < -0.4 is 0 Å². The minimum absolute atomic E-state index is 0.868.